The van der Waals surface area contributed by atoms with Crippen LogP contribution >= 0.6 is 27.5 Å². The second-order valence-corrected chi connectivity index (χ2v) is 13.7. The molecule has 3 aromatic rings. The number of carbonyl (C=O) groups excluding carboxylic acids is 2. The fourth-order valence-corrected chi connectivity index (χ4v) is 5.85. The largest absolute Gasteiger partial charge is 0.416 e. The number of sulfonamides is 1. The first-order chi connectivity index (χ1) is 20.1. The number of anilines is 1. The van der Waals surface area contributed by atoms with Gasteiger partial charge >= 0.3 is 6.18 Å². The highest BCUT2D eigenvalue weighted by Gasteiger charge is 2.36. The molecule has 7 nitrogen and oxygen atoms in total. The zero-order chi connectivity index (χ0) is 31.9. The van der Waals surface area contributed by atoms with Gasteiger partial charge in [-0.05, 0) is 47.4 Å². The van der Waals surface area contributed by atoms with E-state index in [1.807, 2.05) is 19.9 Å². The minimum atomic E-state index is -4.78. The summed E-state index contributed by atoms with van der Waals surface area (Å²) in [6.45, 7) is 3.19. The Kier molecular flexibility index (Phi) is 11.7. The molecule has 232 valence electrons. The quantitative estimate of drug-likeness (QED) is 0.240. The summed E-state index contributed by atoms with van der Waals surface area (Å²) < 4.78 is 67.6. The Morgan fingerprint density at radius 1 is 0.977 bits per heavy atom. The average molecular weight is 703 g/mol. The van der Waals surface area contributed by atoms with E-state index in [4.69, 9.17) is 11.6 Å². The van der Waals surface area contributed by atoms with Gasteiger partial charge < -0.3 is 10.2 Å². The maximum absolute atomic E-state index is 14.1. The van der Waals surface area contributed by atoms with E-state index in [9.17, 15) is 31.2 Å². The minimum absolute atomic E-state index is 0.0845. The highest BCUT2D eigenvalue weighted by Crippen LogP contribution is 2.36. The molecule has 0 saturated carbocycles. The summed E-state index contributed by atoms with van der Waals surface area (Å²) in [6, 6.07) is 17.2. The third kappa shape index (κ3) is 9.97. The van der Waals surface area contributed by atoms with Crippen LogP contribution in [0.4, 0.5) is 18.9 Å². The second-order valence-electron chi connectivity index (χ2n) is 10.4. The molecule has 0 heterocycles. The third-order valence-electron chi connectivity index (χ3n) is 6.42. The van der Waals surface area contributed by atoms with Gasteiger partial charge in [-0.15, -0.1) is 0 Å². The Morgan fingerprint density at radius 2 is 1.63 bits per heavy atom. The molecule has 0 saturated heterocycles. The van der Waals surface area contributed by atoms with Crippen LogP contribution in [-0.2, 0) is 38.8 Å². The van der Waals surface area contributed by atoms with E-state index in [0.29, 0.717) is 22.5 Å². The van der Waals surface area contributed by atoms with Crippen LogP contribution in [-0.4, -0.2) is 50.5 Å². The molecular formula is C30H32BrClF3N3O4S. The molecule has 43 heavy (non-hydrogen) atoms. The second kappa shape index (κ2) is 14.6. The van der Waals surface area contributed by atoms with Crippen LogP contribution in [0.1, 0.15) is 30.5 Å². The number of alkyl halides is 3. The first-order valence-electron chi connectivity index (χ1n) is 13.3. The number of hydrogen-bond donors (Lipinski definition) is 1. The number of amides is 2. The molecular weight excluding hydrogens is 671 g/mol. The number of benzene rings is 3. The number of hydrogen-bond acceptors (Lipinski definition) is 4. The average Bonchev–Trinajstić information content (AvgIpc) is 2.92. The van der Waals surface area contributed by atoms with Crippen molar-refractivity contribution in [2.75, 3.05) is 23.7 Å². The molecule has 13 heteroatoms. The van der Waals surface area contributed by atoms with E-state index in [2.05, 4.69) is 21.2 Å². The summed E-state index contributed by atoms with van der Waals surface area (Å²) in [5.41, 5.74) is -0.242. The molecule has 0 unspecified atom stereocenters. The van der Waals surface area contributed by atoms with Crippen molar-refractivity contribution in [2.24, 2.45) is 5.92 Å². The molecule has 0 aliphatic carbocycles. The standard InChI is InChI=1S/C30H32BrClF3N3O4S/c1-20(2)17-36-29(40)27(15-21-8-5-4-6-9-21)37(18-22-10-7-11-24(31)14-22)28(39)19-38(43(3,41)42)26-16-23(30(33,34)35)12-13-25(26)32/h4-14,16,20,27H,15,17-19H2,1-3H3,(H,36,40)/t27-/m1/s1. The van der Waals surface area contributed by atoms with Gasteiger partial charge in [0, 0.05) is 24.0 Å². The Hall–Kier alpha value is -3.09. The smallest absolute Gasteiger partial charge is 0.354 e. The Balaban J connectivity index is 2.11. The Bertz CT molecular complexity index is 1540. The van der Waals surface area contributed by atoms with Crippen LogP contribution in [0, 0.1) is 5.92 Å². The van der Waals surface area contributed by atoms with Crippen molar-refractivity contribution in [1.82, 2.24) is 10.2 Å². The highest BCUT2D eigenvalue weighted by atomic mass is 79.9. The first kappa shape index (κ1) is 34.4. The molecule has 1 N–H and O–H groups in total. The lowest BCUT2D eigenvalue weighted by atomic mass is 10.0. The fraction of sp³-hybridized carbons (Fsp3) is 0.333. The molecule has 0 spiro atoms. The van der Waals surface area contributed by atoms with Crippen molar-refractivity contribution in [3.05, 3.63) is 99.0 Å². The van der Waals surface area contributed by atoms with E-state index in [1.54, 1.807) is 48.5 Å². The van der Waals surface area contributed by atoms with Gasteiger partial charge in [0.05, 0.1) is 22.5 Å². The summed E-state index contributed by atoms with van der Waals surface area (Å²) in [6.07, 6.45) is -3.91. The molecule has 0 aromatic heterocycles. The summed E-state index contributed by atoms with van der Waals surface area (Å²) in [7, 11) is -4.31. The number of rotatable bonds is 12. The van der Waals surface area contributed by atoms with Gasteiger partial charge in [-0.3, -0.25) is 13.9 Å². The zero-order valence-corrected chi connectivity index (χ0v) is 26.9. The van der Waals surface area contributed by atoms with Crippen LogP contribution in [0.3, 0.4) is 0 Å². The van der Waals surface area contributed by atoms with E-state index in [-0.39, 0.29) is 23.9 Å². The van der Waals surface area contributed by atoms with E-state index in [0.717, 1.165) is 28.4 Å². The maximum Gasteiger partial charge on any atom is 0.416 e. The molecule has 0 fully saturated rings. The van der Waals surface area contributed by atoms with Gasteiger partial charge in [0.25, 0.3) is 0 Å². The predicted molar refractivity (Wildman–Crippen MR) is 165 cm³/mol. The van der Waals surface area contributed by atoms with Gasteiger partial charge in [0.2, 0.25) is 21.8 Å². The molecule has 1 atom stereocenters. The van der Waals surface area contributed by atoms with E-state index in [1.165, 1.54) is 4.90 Å². The molecule has 3 rings (SSSR count). The Labute approximate surface area is 263 Å². The van der Waals surface area contributed by atoms with E-state index < -0.39 is 51.9 Å². The van der Waals surface area contributed by atoms with Crippen LogP contribution < -0.4 is 9.62 Å². The summed E-state index contributed by atoms with van der Waals surface area (Å²) >= 11 is 9.58. The minimum Gasteiger partial charge on any atom is -0.354 e. The fourth-order valence-electron chi connectivity index (χ4n) is 4.28. The predicted octanol–water partition coefficient (Wildman–Crippen LogP) is 6.30. The van der Waals surface area contributed by atoms with Crippen molar-refractivity contribution < 1.29 is 31.2 Å². The number of nitrogens with zero attached hydrogens (tertiary/aromatic N) is 2. The number of carbonyl (C=O) groups is 2. The van der Waals surface area contributed by atoms with Crippen molar-refractivity contribution in [3.8, 4) is 0 Å². The lowest BCUT2D eigenvalue weighted by Gasteiger charge is -2.34. The van der Waals surface area contributed by atoms with Crippen molar-refractivity contribution in [3.63, 3.8) is 0 Å². The van der Waals surface area contributed by atoms with Gasteiger partial charge in [0.1, 0.15) is 12.6 Å². The maximum atomic E-state index is 14.1. The van der Waals surface area contributed by atoms with Gasteiger partial charge in [0.15, 0.2) is 0 Å². The van der Waals surface area contributed by atoms with Crippen LogP contribution in [0.25, 0.3) is 0 Å². The number of halogens is 5. The van der Waals surface area contributed by atoms with Crippen molar-refractivity contribution >= 4 is 55.1 Å². The first-order valence-corrected chi connectivity index (χ1v) is 16.3. The Morgan fingerprint density at radius 3 is 2.21 bits per heavy atom. The molecule has 2 amide bonds. The summed E-state index contributed by atoms with van der Waals surface area (Å²) in [5.74, 6) is -1.15. The van der Waals surface area contributed by atoms with Gasteiger partial charge in [-0.25, -0.2) is 8.42 Å². The third-order valence-corrected chi connectivity index (χ3v) is 8.36. The molecule has 0 aliphatic rings. The van der Waals surface area contributed by atoms with Crippen LogP contribution in [0.2, 0.25) is 5.02 Å². The van der Waals surface area contributed by atoms with Crippen LogP contribution in [0.15, 0.2) is 77.3 Å². The molecule has 0 radical (unpaired) electrons. The van der Waals surface area contributed by atoms with Crippen molar-refractivity contribution in [1.29, 1.82) is 0 Å². The summed E-state index contributed by atoms with van der Waals surface area (Å²) in [5, 5.41) is 2.57. The normalized spacial score (nSPS) is 12.6. The van der Waals surface area contributed by atoms with Crippen molar-refractivity contribution in [2.45, 2.75) is 39.0 Å². The van der Waals surface area contributed by atoms with Crippen LogP contribution in [0.5, 0.6) is 0 Å². The van der Waals surface area contributed by atoms with Gasteiger partial charge in [-0.2, -0.15) is 13.2 Å². The van der Waals surface area contributed by atoms with Gasteiger partial charge in [-0.1, -0.05) is 83.8 Å². The summed E-state index contributed by atoms with van der Waals surface area (Å²) in [4.78, 5) is 29.0. The lowest BCUT2D eigenvalue weighted by Crippen LogP contribution is -2.53. The molecule has 0 bridgehead atoms. The zero-order valence-electron chi connectivity index (χ0n) is 23.7. The lowest BCUT2D eigenvalue weighted by molar-refractivity contribution is -0.140. The molecule has 0 aliphatic heterocycles. The molecule has 3 aromatic carbocycles. The number of nitrogens with one attached hydrogen (secondary N) is 1. The SMILES string of the molecule is CC(C)CNC(=O)[C@@H](Cc1ccccc1)N(Cc1cccc(Br)c1)C(=O)CN(c1cc(C(F)(F)F)ccc1Cl)S(C)(=O)=O. The van der Waals surface area contributed by atoms with E-state index >= 15 is 0 Å². The monoisotopic (exact) mass is 701 g/mol. The topological polar surface area (TPSA) is 86.8 Å². The highest BCUT2D eigenvalue weighted by molar-refractivity contribution is 9.10.